The molecule has 8 rings (SSSR count). The number of ketones is 1. The number of urea groups is 1. The molecule has 3 aliphatic carbocycles. The van der Waals surface area contributed by atoms with Crippen LogP contribution >= 0.6 is 11.6 Å². The number of carbonyl (C=O) groups excluding carboxylic acids is 2. The third-order valence-corrected chi connectivity index (χ3v) is 13.3. The van der Waals surface area contributed by atoms with E-state index in [1.165, 1.54) is 17.7 Å². The van der Waals surface area contributed by atoms with Gasteiger partial charge in [-0.05, 0) is 116 Å². The Balaban J connectivity index is 1.29. The summed E-state index contributed by atoms with van der Waals surface area (Å²) in [6, 6.07) is 33.8. The lowest BCUT2D eigenvalue weighted by atomic mass is 9.64. The molecule has 3 N–H and O–H groups in total. The molecule has 0 heterocycles. The largest absolute Gasteiger partial charge is 0.393 e. The van der Waals surface area contributed by atoms with E-state index in [0.717, 1.165) is 39.4 Å². The number of aliphatic hydroxyl groups is 2. The second-order valence-corrected chi connectivity index (χ2v) is 17.2. The Bertz CT molecular complexity index is 2290. The van der Waals surface area contributed by atoms with Gasteiger partial charge < -0.3 is 20.4 Å². The first-order valence-electron chi connectivity index (χ1n) is 20.6. The molecule has 0 radical (unpaired) electrons. The number of allylic oxidation sites excluding steroid dienone is 2. The summed E-state index contributed by atoms with van der Waals surface area (Å²) in [5.41, 5.74) is 3.20. The van der Waals surface area contributed by atoms with Crippen LogP contribution in [0.1, 0.15) is 109 Å². The predicted octanol–water partition coefficient (Wildman–Crippen LogP) is 11.1. The van der Waals surface area contributed by atoms with Crippen LogP contribution in [0, 0.1) is 11.2 Å². The molecule has 0 spiro atoms. The first kappa shape index (κ1) is 41.3. The fourth-order valence-electron chi connectivity index (χ4n) is 9.45. The van der Waals surface area contributed by atoms with Crippen molar-refractivity contribution in [3.8, 4) is 0 Å². The number of aliphatic hydroxyl groups excluding tert-OH is 1. The van der Waals surface area contributed by atoms with E-state index in [1.54, 1.807) is 11.0 Å². The number of halogens is 2. The molecule has 0 unspecified atom stereocenters. The number of benzene rings is 5. The Morgan fingerprint density at radius 3 is 2.48 bits per heavy atom. The van der Waals surface area contributed by atoms with Crippen molar-refractivity contribution < 1.29 is 24.2 Å². The smallest absolute Gasteiger partial charge is 0.318 e. The third-order valence-electron chi connectivity index (χ3n) is 13.0. The molecule has 5 aromatic carbocycles. The van der Waals surface area contributed by atoms with Crippen molar-refractivity contribution in [1.82, 2.24) is 10.2 Å². The summed E-state index contributed by atoms with van der Waals surface area (Å²) in [5, 5.41) is 29.8. The second-order valence-electron chi connectivity index (χ2n) is 16.8. The molecular weight excluding hydrogens is 747 g/mol. The highest BCUT2D eigenvalue weighted by Crippen LogP contribution is 2.59. The van der Waals surface area contributed by atoms with Crippen molar-refractivity contribution in [2.75, 3.05) is 6.54 Å². The Hall–Kier alpha value is -4.82. The molecule has 2 amide bonds. The molecule has 6 nitrogen and oxygen atoms in total. The van der Waals surface area contributed by atoms with E-state index in [4.69, 9.17) is 11.6 Å². The van der Waals surface area contributed by atoms with Crippen LogP contribution < -0.4 is 5.32 Å². The lowest BCUT2D eigenvalue weighted by Crippen LogP contribution is -2.55. The van der Waals surface area contributed by atoms with E-state index in [1.807, 2.05) is 79.7 Å². The molecule has 302 valence electrons. The van der Waals surface area contributed by atoms with Gasteiger partial charge in [0.2, 0.25) is 0 Å². The molecule has 1 fully saturated rings. The van der Waals surface area contributed by atoms with Crippen LogP contribution in [0.4, 0.5) is 9.18 Å². The summed E-state index contributed by atoms with van der Waals surface area (Å²) in [4.78, 5) is 30.7. The quantitative estimate of drug-likeness (QED) is 0.102. The van der Waals surface area contributed by atoms with Crippen LogP contribution in [-0.2, 0) is 19.4 Å². The van der Waals surface area contributed by atoms with Gasteiger partial charge in [-0.15, -0.1) is 0 Å². The fourth-order valence-corrected chi connectivity index (χ4v) is 9.68. The minimum Gasteiger partial charge on any atom is -0.393 e. The van der Waals surface area contributed by atoms with Gasteiger partial charge in [-0.1, -0.05) is 121 Å². The van der Waals surface area contributed by atoms with Crippen LogP contribution in [0.15, 0.2) is 121 Å². The summed E-state index contributed by atoms with van der Waals surface area (Å²) in [6.45, 7) is 6.51. The van der Waals surface area contributed by atoms with Crippen LogP contribution in [0.3, 0.4) is 0 Å². The van der Waals surface area contributed by atoms with Gasteiger partial charge in [-0.3, -0.25) is 4.79 Å². The number of rotatable bonds is 9. The molecule has 0 aromatic heterocycles. The zero-order chi connectivity index (χ0) is 41.0. The number of hydrogen-bond acceptors (Lipinski definition) is 4. The average molecular weight is 801 g/mol. The van der Waals surface area contributed by atoms with Crippen molar-refractivity contribution in [2.45, 2.75) is 102 Å². The standard InChI is InChI=1S/C50H54ClFN2O4/c1-33-12-11-26-49(3)44(41-24-22-35(28-39(55)23-21-33)29-42(41)47(56)30-43-45(51)19-10-20-46(43)52)25-27-50(49,58)32-54(48(57)53-34(2)36-13-5-4-6-14-36)31-38-17-9-16-37-15-7-8-18-40(37)38/h4-10,12-20,22,24,29,34,39,44,55,58H,11,21,23,25-28,30-32H2,1-3H3,(H,53,57)/t34-,39+,44+,49+,50-/m1/s1. The lowest BCUT2D eigenvalue weighted by molar-refractivity contribution is -0.0780. The predicted molar refractivity (Wildman–Crippen MR) is 231 cm³/mol. The number of hydrogen-bond donors (Lipinski definition) is 3. The van der Waals surface area contributed by atoms with E-state index < -0.39 is 22.9 Å². The maximum absolute atomic E-state index is 15.1. The number of amides is 2. The van der Waals surface area contributed by atoms with Crippen molar-refractivity contribution in [3.05, 3.63) is 165 Å². The SMILES string of the molecule is CC1=CCC[C@@]2(C)[C@@H](CC[C@@]2(O)CN(Cc2cccc3ccccc23)C(=O)N[C@H](C)c2ccccc2)c2ccc(cc2C(=O)Cc2c(F)cccc2Cl)C[C@@H](O)CC1. The average Bonchev–Trinajstić information content (AvgIpc) is 3.46. The number of nitrogens with zero attached hydrogens (tertiary/aromatic N) is 1. The first-order valence-corrected chi connectivity index (χ1v) is 20.9. The van der Waals surface area contributed by atoms with E-state index in [0.29, 0.717) is 44.1 Å². The number of nitrogens with one attached hydrogen (secondary N) is 1. The Labute approximate surface area is 346 Å². The normalized spacial score (nSPS) is 22.8. The molecule has 3 aliphatic rings. The van der Waals surface area contributed by atoms with Crippen LogP contribution in [0.5, 0.6) is 0 Å². The van der Waals surface area contributed by atoms with Crippen LogP contribution in [-0.4, -0.2) is 45.2 Å². The summed E-state index contributed by atoms with van der Waals surface area (Å²) < 4.78 is 15.1. The molecule has 0 aliphatic heterocycles. The number of fused-ring (bicyclic) bond motifs is 9. The van der Waals surface area contributed by atoms with Crippen molar-refractivity contribution in [3.63, 3.8) is 0 Å². The zero-order valence-corrected chi connectivity index (χ0v) is 34.4. The summed E-state index contributed by atoms with van der Waals surface area (Å²) in [5.74, 6) is -1.08. The van der Waals surface area contributed by atoms with Gasteiger partial charge in [-0.25, -0.2) is 9.18 Å². The fraction of sp³-hybridized carbons (Fsp3) is 0.360. The summed E-state index contributed by atoms with van der Waals surface area (Å²) in [6.07, 6.45) is 5.29. The van der Waals surface area contributed by atoms with Crippen LogP contribution in [0.2, 0.25) is 5.02 Å². The highest BCUT2D eigenvalue weighted by Gasteiger charge is 2.57. The zero-order valence-electron chi connectivity index (χ0n) is 33.7. The number of carbonyl (C=O) groups is 2. The monoisotopic (exact) mass is 800 g/mol. The summed E-state index contributed by atoms with van der Waals surface area (Å²) in [7, 11) is 0. The van der Waals surface area contributed by atoms with Gasteiger partial charge >= 0.3 is 6.03 Å². The van der Waals surface area contributed by atoms with Crippen LogP contribution in [0.25, 0.3) is 10.8 Å². The van der Waals surface area contributed by atoms with Gasteiger partial charge in [0.15, 0.2) is 5.78 Å². The molecule has 58 heavy (non-hydrogen) atoms. The van der Waals surface area contributed by atoms with Gasteiger partial charge in [-0.2, -0.15) is 0 Å². The second kappa shape index (κ2) is 17.6. The number of Topliss-reactive ketones (excluding diaryl/α,β-unsaturated/α-hetero) is 1. The molecule has 8 heteroatoms. The Kier molecular flexibility index (Phi) is 12.5. The van der Waals surface area contributed by atoms with E-state index in [9.17, 15) is 19.8 Å². The van der Waals surface area contributed by atoms with E-state index in [2.05, 4.69) is 43.4 Å². The summed E-state index contributed by atoms with van der Waals surface area (Å²) >= 11 is 6.43. The highest BCUT2D eigenvalue weighted by molar-refractivity contribution is 6.31. The van der Waals surface area contributed by atoms with Crippen molar-refractivity contribution in [1.29, 1.82) is 0 Å². The molecule has 2 bridgehead atoms. The topological polar surface area (TPSA) is 89.9 Å². The molecule has 0 saturated heterocycles. The van der Waals surface area contributed by atoms with Gasteiger partial charge in [0.05, 0.1) is 24.3 Å². The van der Waals surface area contributed by atoms with Gasteiger partial charge in [0, 0.05) is 34.5 Å². The molecular formula is C50H54ClFN2O4. The lowest BCUT2D eigenvalue weighted by Gasteiger charge is -2.46. The van der Waals surface area contributed by atoms with E-state index >= 15 is 4.39 Å². The van der Waals surface area contributed by atoms with Crippen molar-refractivity contribution in [2.24, 2.45) is 5.41 Å². The van der Waals surface area contributed by atoms with Gasteiger partial charge in [0.1, 0.15) is 5.82 Å². The minimum absolute atomic E-state index is 0.0671. The highest BCUT2D eigenvalue weighted by atomic mass is 35.5. The Morgan fingerprint density at radius 2 is 1.69 bits per heavy atom. The Morgan fingerprint density at radius 1 is 0.948 bits per heavy atom. The molecule has 5 atom stereocenters. The third kappa shape index (κ3) is 8.78. The molecule has 1 saturated carbocycles. The molecule has 5 aromatic rings. The van der Waals surface area contributed by atoms with E-state index in [-0.39, 0.29) is 53.9 Å². The maximum Gasteiger partial charge on any atom is 0.318 e. The van der Waals surface area contributed by atoms with Gasteiger partial charge in [0.25, 0.3) is 0 Å². The first-order chi connectivity index (χ1) is 27.8. The maximum atomic E-state index is 15.1. The van der Waals surface area contributed by atoms with Crippen molar-refractivity contribution >= 4 is 34.2 Å². The minimum atomic E-state index is -1.35.